The minimum Gasteiger partial charge on any atom is -0.488 e. The largest absolute Gasteiger partial charge is 0.488 e. The highest BCUT2D eigenvalue weighted by atomic mass is 16.5. The lowest BCUT2D eigenvalue weighted by molar-refractivity contribution is 0.0821. The topological polar surface area (TPSA) is 85.5 Å². The first kappa shape index (κ1) is 12.3. The van der Waals surface area contributed by atoms with E-state index in [1.54, 1.807) is 20.2 Å². The Morgan fingerprint density at radius 1 is 1.39 bits per heavy atom. The van der Waals surface area contributed by atoms with Crippen molar-refractivity contribution < 1.29 is 14.3 Å². The standard InChI is InChI=1S/C12H15N3O3/c1-15(2)12(17)8-5-6-9(18-7-3-4-7)10(14-8)11(13)16/h5-7H,3-4H2,1-2H3,(H2,13,16). The highest BCUT2D eigenvalue weighted by Crippen LogP contribution is 2.28. The van der Waals surface area contributed by atoms with Crippen LogP contribution in [-0.2, 0) is 0 Å². The predicted octanol–water partition coefficient (Wildman–Crippen LogP) is 0.423. The first-order valence-corrected chi connectivity index (χ1v) is 5.68. The number of rotatable bonds is 4. The fourth-order valence-electron chi connectivity index (χ4n) is 1.43. The zero-order valence-corrected chi connectivity index (χ0v) is 10.3. The molecule has 0 spiro atoms. The van der Waals surface area contributed by atoms with Crippen LogP contribution in [0.2, 0.25) is 0 Å². The third kappa shape index (κ3) is 2.58. The molecule has 0 aromatic carbocycles. The van der Waals surface area contributed by atoms with Crippen LogP contribution in [0.15, 0.2) is 12.1 Å². The van der Waals surface area contributed by atoms with Gasteiger partial charge in [0.2, 0.25) is 0 Å². The molecule has 0 unspecified atom stereocenters. The van der Waals surface area contributed by atoms with E-state index in [4.69, 9.17) is 10.5 Å². The Hall–Kier alpha value is -2.11. The molecular formula is C12H15N3O3. The van der Waals surface area contributed by atoms with Gasteiger partial charge in [-0.15, -0.1) is 0 Å². The molecule has 2 N–H and O–H groups in total. The van der Waals surface area contributed by atoms with Crippen molar-refractivity contribution in [3.63, 3.8) is 0 Å². The van der Waals surface area contributed by atoms with Gasteiger partial charge in [0.1, 0.15) is 5.69 Å². The first-order valence-electron chi connectivity index (χ1n) is 5.68. The van der Waals surface area contributed by atoms with Crippen molar-refractivity contribution in [3.05, 3.63) is 23.5 Å². The zero-order valence-electron chi connectivity index (χ0n) is 10.3. The van der Waals surface area contributed by atoms with E-state index < -0.39 is 5.91 Å². The van der Waals surface area contributed by atoms with Gasteiger partial charge in [-0.1, -0.05) is 0 Å². The number of carbonyl (C=O) groups excluding carboxylic acids is 2. The molecule has 1 aliphatic carbocycles. The van der Waals surface area contributed by atoms with Crippen LogP contribution in [0.25, 0.3) is 0 Å². The Labute approximate surface area is 105 Å². The van der Waals surface area contributed by atoms with Crippen LogP contribution in [0.1, 0.15) is 33.8 Å². The van der Waals surface area contributed by atoms with Crippen LogP contribution in [0, 0.1) is 0 Å². The lowest BCUT2D eigenvalue weighted by Crippen LogP contribution is -2.25. The van der Waals surface area contributed by atoms with Crippen molar-refractivity contribution in [1.29, 1.82) is 0 Å². The number of hydrogen-bond acceptors (Lipinski definition) is 4. The van der Waals surface area contributed by atoms with Crippen molar-refractivity contribution in [2.24, 2.45) is 5.73 Å². The van der Waals surface area contributed by atoms with Crippen LogP contribution in [-0.4, -0.2) is 41.9 Å². The number of amides is 2. The molecule has 1 aromatic rings. The molecule has 96 valence electrons. The van der Waals surface area contributed by atoms with Gasteiger partial charge in [-0.25, -0.2) is 4.98 Å². The fraction of sp³-hybridized carbons (Fsp3) is 0.417. The lowest BCUT2D eigenvalue weighted by atomic mass is 10.2. The monoisotopic (exact) mass is 249 g/mol. The molecule has 2 amide bonds. The van der Waals surface area contributed by atoms with Gasteiger partial charge in [-0.2, -0.15) is 0 Å². The van der Waals surface area contributed by atoms with Crippen molar-refractivity contribution in [2.75, 3.05) is 14.1 Å². The van der Waals surface area contributed by atoms with Gasteiger partial charge < -0.3 is 15.4 Å². The van der Waals surface area contributed by atoms with E-state index in [1.165, 1.54) is 11.0 Å². The van der Waals surface area contributed by atoms with Crippen LogP contribution in [0.3, 0.4) is 0 Å². The fourth-order valence-corrected chi connectivity index (χ4v) is 1.43. The van der Waals surface area contributed by atoms with Gasteiger partial charge in [0.25, 0.3) is 11.8 Å². The second-order valence-electron chi connectivity index (χ2n) is 4.42. The Balaban J connectivity index is 2.32. The minimum atomic E-state index is -0.695. The summed E-state index contributed by atoms with van der Waals surface area (Å²) in [6.45, 7) is 0. The molecule has 6 nitrogen and oxygen atoms in total. The van der Waals surface area contributed by atoms with E-state index in [-0.39, 0.29) is 23.4 Å². The van der Waals surface area contributed by atoms with E-state index in [9.17, 15) is 9.59 Å². The third-order valence-corrected chi connectivity index (χ3v) is 2.53. The number of nitrogens with two attached hydrogens (primary N) is 1. The molecule has 0 saturated heterocycles. The maximum atomic E-state index is 11.7. The van der Waals surface area contributed by atoms with Gasteiger partial charge in [0.15, 0.2) is 11.4 Å². The van der Waals surface area contributed by atoms with Crippen molar-refractivity contribution in [2.45, 2.75) is 18.9 Å². The maximum Gasteiger partial charge on any atom is 0.271 e. The molecule has 2 rings (SSSR count). The third-order valence-electron chi connectivity index (χ3n) is 2.53. The lowest BCUT2D eigenvalue weighted by Gasteiger charge is -2.12. The van der Waals surface area contributed by atoms with Gasteiger partial charge in [-0.3, -0.25) is 9.59 Å². The SMILES string of the molecule is CN(C)C(=O)c1ccc(OC2CC2)c(C(N)=O)n1. The molecule has 1 fully saturated rings. The van der Waals surface area contributed by atoms with Crippen LogP contribution >= 0.6 is 0 Å². The van der Waals surface area contributed by atoms with Crippen molar-refractivity contribution >= 4 is 11.8 Å². The Morgan fingerprint density at radius 3 is 2.56 bits per heavy atom. The maximum absolute atomic E-state index is 11.7. The average Bonchev–Trinajstić information content (AvgIpc) is 3.12. The number of aromatic nitrogens is 1. The number of nitrogens with zero attached hydrogens (tertiary/aromatic N) is 2. The summed E-state index contributed by atoms with van der Waals surface area (Å²) in [6.07, 6.45) is 2.08. The molecule has 1 aliphatic rings. The second-order valence-corrected chi connectivity index (χ2v) is 4.42. The van der Waals surface area contributed by atoms with E-state index in [0.717, 1.165) is 12.8 Å². The summed E-state index contributed by atoms with van der Waals surface area (Å²) in [6, 6.07) is 3.11. The van der Waals surface area contributed by atoms with Crippen LogP contribution in [0.4, 0.5) is 0 Å². The molecule has 1 aromatic heterocycles. The molecule has 18 heavy (non-hydrogen) atoms. The first-order chi connectivity index (χ1) is 8.49. The summed E-state index contributed by atoms with van der Waals surface area (Å²) in [5.41, 5.74) is 5.44. The Morgan fingerprint density at radius 2 is 2.06 bits per heavy atom. The highest BCUT2D eigenvalue weighted by Gasteiger charge is 2.26. The zero-order chi connectivity index (χ0) is 13.3. The summed E-state index contributed by atoms with van der Waals surface area (Å²) in [5, 5.41) is 0. The second kappa shape index (κ2) is 4.64. The van der Waals surface area contributed by atoms with Crippen LogP contribution in [0.5, 0.6) is 5.75 Å². The molecule has 1 heterocycles. The Bertz CT molecular complexity index is 495. The average molecular weight is 249 g/mol. The summed E-state index contributed by atoms with van der Waals surface area (Å²) < 4.78 is 5.52. The molecule has 1 saturated carbocycles. The van der Waals surface area contributed by atoms with Gasteiger partial charge in [0.05, 0.1) is 6.10 Å². The van der Waals surface area contributed by atoms with Crippen LogP contribution < -0.4 is 10.5 Å². The van der Waals surface area contributed by atoms with Gasteiger partial charge in [0, 0.05) is 14.1 Å². The van der Waals surface area contributed by atoms with Crippen molar-refractivity contribution in [3.8, 4) is 5.75 Å². The number of primary amides is 1. The van der Waals surface area contributed by atoms with E-state index >= 15 is 0 Å². The molecule has 0 aliphatic heterocycles. The molecular weight excluding hydrogens is 234 g/mol. The van der Waals surface area contributed by atoms with Gasteiger partial charge in [-0.05, 0) is 25.0 Å². The van der Waals surface area contributed by atoms with E-state index in [2.05, 4.69) is 4.98 Å². The molecule has 6 heteroatoms. The smallest absolute Gasteiger partial charge is 0.271 e. The van der Waals surface area contributed by atoms with Gasteiger partial charge >= 0.3 is 0 Å². The Kier molecular flexibility index (Phi) is 3.18. The summed E-state index contributed by atoms with van der Waals surface area (Å²) in [7, 11) is 3.23. The summed E-state index contributed by atoms with van der Waals surface area (Å²) >= 11 is 0. The number of ether oxygens (including phenoxy) is 1. The molecule has 0 bridgehead atoms. The summed E-state index contributed by atoms with van der Waals surface area (Å²) in [5.74, 6) is -0.630. The molecule has 0 radical (unpaired) electrons. The normalized spacial score (nSPS) is 14.1. The van der Waals surface area contributed by atoms with E-state index in [1.807, 2.05) is 0 Å². The summed E-state index contributed by atoms with van der Waals surface area (Å²) in [4.78, 5) is 28.4. The molecule has 0 atom stereocenters. The number of pyridine rings is 1. The van der Waals surface area contributed by atoms with Crippen molar-refractivity contribution in [1.82, 2.24) is 9.88 Å². The minimum absolute atomic E-state index is 0.00889. The number of carbonyl (C=O) groups is 2. The highest BCUT2D eigenvalue weighted by molar-refractivity contribution is 5.97. The quantitative estimate of drug-likeness (QED) is 0.838. The number of hydrogen-bond donors (Lipinski definition) is 1. The predicted molar refractivity (Wildman–Crippen MR) is 64.4 cm³/mol. The van der Waals surface area contributed by atoms with E-state index in [0.29, 0.717) is 5.75 Å².